The van der Waals surface area contributed by atoms with Crippen molar-refractivity contribution in [2.24, 2.45) is 10.8 Å². The summed E-state index contributed by atoms with van der Waals surface area (Å²) in [5.74, 6) is -1.25. The molecule has 0 amide bonds. The van der Waals surface area contributed by atoms with E-state index < -0.39 is 44.1 Å². The highest BCUT2D eigenvalue weighted by Crippen LogP contribution is 2.51. The second-order valence-corrected chi connectivity index (χ2v) is 10.3. The van der Waals surface area contributed by atoms with E-state index in [4.69, 9.17) is 11.6 Å². The number of aryl methyl sites for hydroxylation is 1. The molecule has 0 aromatic carbocycles. The number of Topliss-reactive ketones (excluding diaryl/α,β-unsaturated/α-hetero) is 2. The van der Waals surface area contributed by atoms with Gasteiger partial charge in [0.05, 0.1) is 10.8 Å². The van der Waals surface area contributed by atoms with Crippen molar-refractivity contribution in [2.45, 2.75) is 40.8 Å². The number of ketones is 2. The third-order valence-corrected chi connectivity index (χ3v) is 6.90. The summed E-state index contributed by atoms with van der Waals surface area (Å²) >= 11 is 6.44. The first-order valence-corrected chi connectivity index (χ1v) is 11.0. The first-order valence-electron chi connectivity index (χ1n) is 9.02. The predicted molar refractivity (Wildman–Crippen MR) is 111 cm³/mol. The van der Waals surface area contributed by atoms with Crippen LogP contribution in [-0.4, -0.2) is 25.0 Å². The van der Waals surface area contributed by atoms with Crippen LogP contribution in [0.25, 0.3) is 0 Å². The quantitative estimate of drug-likeness (QED) is 0.562. The van der Waals surface area contributed by atoms with Crippen molar-refractivity contribution < 1.29 is 31.2 Å². The predicted octanol–water partition coefficient (Wildman–Crippen LogP) is 5.16. The number of carbonyl (C=O) groups is 2. The Labute approximate surface area is 183 Å². The summed E-state index contributed by atoms with van der Waals surface area (Å²) in [7, 11) is -4.02. The maximum absolute atomic E-state index is 13.4. The molecule has 10 heteroatoms. The van der Waals surface area contributed by atoms with Gasteiger partial charge in [-0.3, -0.25) is 9.59 Å². The zero-order valence-corrected chi connectivity index (χ0v) is 19.1. The van der Waals surface area contributed by atoms with E-state index in [1.54, 1.807) is 0 Å². The molecule has 0 saturated heterocycles. The smallest absolute Gasteiger partial charge is 0.298 e. The Kier molecular flexibility index (Phi) is 6.21. The SMILES string of the molecule is C=CS(=O)(=O)C=C1C(C(=O)c2ccc(C(F)(F)F)nc2C)=C(Cl)C(C)(C)C(=O)C1(C)C. The van der Waals surface area contributed by atoms with E-state index in [9.17, 15) is 31.2 Å². The van der Waals surface area contributed by atoms with Gasteiger partial charge in [0.2, 0.25) is 0 Å². The first kappa shape index (κ1) is 25.0. The van der Waals surface area contributed by atoms with Gasteiger partial charge in [0.25, 0.3) is 0 Å². The molecule has 0 bridgehead atoms. The van der Waals surface area contributed by atoms with Crippen molar-refractivity contribution in [3.63, 3.8) is 0 Å². The fourth-order valence-electron chi connectivity index (χ4n) is 3.48. The second kappa shape index (κ2) is 7.70. The molecule has 5 nitrogen and oxygen atoms in total. The number of rotatable bonds is 4. The zero-order chi connectivity index (χ0) is 24.2. The molecule has 2 rings (SSSR count). The Bertz CT molecular complexity index is 1160. The van der Waals surface area contributed by atoms with Gasteiger partial charge in [0, 0.05) is 32.7 Å². The molecular formula is C21H21ClF3NO4S. The number of hydrogen-bond acceptors (Lipinski definition) is 5. The van der Waals surface area contributed by atoms with E-state index in [0.717, 1.165) is 11.5 Å². The van der Waals surface area contributed by atoms with E-state index >= 15 is 0 Å². The normalized spacial score (nSPS) is 20.2. The number of aromatic nitrogens is 1. The molecule has 168 valence electrons. The minimum atomic E-state index is -4.70. The van der Waals surface area contributed by atoms with Crippen LogP contribution in [0.15, 0.2) is 45.7 Å². The highest BCUT2D eigenvalue weighted by atomic mass is 35.5. The van der Waals surface area contributed by atoms with Crippen LogP contribution in [0.3, 0.4) is 0 Å². The number of halogens is 4. The van der Waals surface area contributed by atoms with Crippen molar-refractivity contribution in [1.82, 2.24) is 4.98 Å². The minimum Gasteiger partial charge on any atom is -0.298 e. The Hall–Kier alpha value is -2.26. The Morgan fingerprint density at radius 1 is 1.16 bits per heavy atom. The van der Waals surface area contributed by atoms with Gasteiger partial charge in [-0.25, -0.2) is 13.4 Å². The van der Waals surface area contributed by atoms with Gasteiger partial charge < -0.3 is 0 Å². The summed E-state index contributed by atoms with van der Waals surface area (Å²) in [5, 5.41) is 1.20. The molecule has 0 fully saturated rings. The van der Waals surface area contributed by atoms with E-state index in [2.05, 4.69) is 11.6 Å². The zero-order valence-electron chi connectivity index (χ0n) is 17.5. The van der Waals surface area contributed by atoms with E-state index in [0.29, 0.717) is 11.5 Å². The van der Waals surface area contributed by atoms with E-state index in [-0.39, 0.29) is 27.4 Å². The summed E-state index contributed by atoms with van der Waals surface area (Å²) < 4.78 is 63.3. The van der Waals surface area contributed by atoms with Crippen molar-refractivity contribution in [2.75, 3.05) is 0 Å². The number of pyridine rings is 1. The van der Waals surface area contributed by atoms with Crippen LogP contribution in [0.2, 0.25) is 0 Å². The number of sulfone groups is 1. The molecule has 0 atom stereocenters. The molecule has 31 heavy (non-hydrogen) atoms. The number of nitrogens with zero attached hydrogens (tertiary/aromatic N) is 1. The molecule has 1 aliphatic rings. The Morgan fingerprint density at radius 3 is 2.16 bits per heavy atom. The Morgan fingerprint density at radius 2 is 1.71 bits per heavy atom. The van der Waals surface area contributed by atoms with Crippen molar-refractivity contribution in [3.05, 3.63) is 62.7 Å². The lowest BCUT2D eigenvalue weighted by atomic mass is 9.62. The van der Waals surface area contributed by atoms with Gasteiger partial charge in [-0.15, -0.1) is 0 Å². The summed E-state index contributed by atoms with van der Waals surface area (Å²) in [4.78, 5) is 29.9. The monoisotopic (exact) mass is 475 g/mol. The van der Waals surface area contributed by atoms with Gasteiger partial charge in [0.1, 0.15) is 5.69 Å². The van der Waals surface area contributed by atoms with Crippen molar-refractivity contribution >= 4 is 33.0 Å². The molecular weight excluding hydrogens is 455 g/mol. The van der Waals surface area contributed by atoms with Crippen molar-refractivity contribution in [3.8, 4) is 0 Å². The van der Waals surface area contributed by atoms with Gasteiger partial charge >= 0.3 is 6.18 Å². The van der Waals surface area contributed by atoms with Crippen LogP contribution in [0, 0.1) is 17.8 Å². The summed E-state index contributed by atoms with van der Waals surface area (Å²) in [6.07, 6.45) is -4.70. The third-order valence-electron chi connectivity index (χ3n) is 5.21. The number of alkyl halides is 3. The summed E-state index contributed by atoms with van der Waals surface area (Å²) in [6, 6.07) is 1.61. The standard InChI is InChI=1S/C21H21ClF3NO4S/c1-7-31(29,30)10-13-15(17(22)20(5,6)18(28)19(13,3)4)16(27)12-8-9-14(21(23,24)25)26-11(12)2/h7-10H,1H2,2-6H3. The molecule has 1 heterocycles. The maximum Gasteiger partial charge on any atom is 0.433 e. The van der Waals surface area contributed by atoms with Gasteiger partial charge in [-0.1, -0.05) is 18.2 Å². The second-order valence-electron chi connectivity index (χ2n) is 8.21. The first-order chi connectivity index (χ1) is 13.9. The molecule has 0 N–H and O–H groups in total. The molecule has 1 aromatic heterocycles. The fourth-order valence-corrected chi connectivity index (χ4v) is 4.59. The molecule has 1 aromatic rings. The lowest BCUT2D eigenvalue weighted by molar-refractivity contribution is -0.141. The molecule has 0 aliphatic heterocycles. The van der Waals surface area contributed by atoms with Crippen molar-refractivity contribution in [1.29, 1.82) is 0 Å². The van der Waals surface area contributed by atoms with E-state index in [1.165, 1.54) is 34.6 Å². The molecule has 0 spiro atoms. The van der Waals surface area contributed by atoms with Gasteiger partial charge in [0.15, 0.2) is 21.4 Å². The average Bonchev–Trinajstić information content (AvgIpc) is 2.64. The minimum absolute atomic E-state index is 0.161. The van der Waals surface area contributed by atoms with Crippen LogP contribution < -0.4 is 0 Å². The molecule has 0 unspecified atom stereocenters. The highest BCUT2D eigenvalue weighted by molar-refractivity contribution is 7.97. The van der Waals surface area contributed by atoms with E-state index in [1.807, 2.05) is 0 Å². The third kappa shape index (κ3) is 4.39. The molecule has 1 aliphatic carbocycles. The fraction of sp³-hybridized carbons (Fsp3) is 0.381. The van der Waals surface area contributed by atoms with Crippen LogP contribution in [-0.2, 0) is 20.8 Å². The maximum atomic E-state index is 13.4. The number of hydrogen-bond donors (Lipinski definition) is 0. The van der Waals surface area contributed by atoms with Gasteiger partial charge in [-0.05, 0) is 52.3 Å². The largest absolute Gasteiger partial charge is 0.433 e. The molecule has 0 saturated carbocycles. The average molecular weight is 476 g/mol. The lowest BCUT2D eigenvalue weighted by Gasteiger charge is -2.41. The van der Waals surface area contributed by atoms with Gasteiger partial charge in [-0.2, -0.15) is 13.2 Å². The van der Waals surface area contributed by atoms with Crippen LogP contribution in [0.4, 0.5) is 13.2 Å². The van der Waals surface area contributed by atoms with Crippen LogP contribution in [0.1, 0.15) is 49.4 Å². The summed E-state index contributed by atoms with van der Waals surface area (Å²) in [6.45, 7) is 10.3. The van der Waals surface area contributed by atoms with Crippen LogP contribution >= 0.6 is 11.6 Å². The Balaban J connectivity index is 2.87. The summed E-state index contributed by atoms with van der Waals surface area (Å²) in [5.41, 5.74) is -4.77. The number of carbonyl (C=O) groups excluding carboxylic acids is 2. The lowest BCUT2D eigenvalue weighted by Crippen LogP contribution is -2.44. The highest BCUT2D eigenvalue weighted by Gasteiger charge is 2.51. The van der Waals surface area contributed by atoms with Crippen LogP contribution in [0.5, 0.6) is 0 Å². The molecule has 0 radical (unpaired) electrons. The number of allylic oxidation sites excluding steroid dienone is 3. The topological polar surface area (TPSA) is 81.2 Å².